The maximum absolute atomic E-state index is 12.2. The summed E-state index contributed by atoms with van der Waals surface area (Å²) in [6.07, 6.45) is 3.91. The number of halogens is 2. The van der Waals surface area contributed by atoms with Gasteiger partial charge in [0.25, 0.3) is 5.91 Å². The molecule has 2 rings (SSSR count). The molecule has 0 fully saturated rings. The zero-order valence-corrected chi connectivity index (χ0v) is 12.8. The monoisotopic (exact) mass is 342 g/mol. The Bertz CT molecular complexity index is 626. The number of aromatic nitrogens is 3. The molecule has 0 bridgehead atoms. The van der Waals surface area contributed by atoms with E-state index in [2.05, 4.69) is 31.3 Å². The summed E-state index contributed by atoms with van der Waals surface area (Å²) in [7, 11) is 1.79. The van der Waals surface area contributed by atoms with Crippen LogP contribution in [0.4, 0.5) is 5.69 Å². The number of amides is 1. The average molecular weight is 344 g/mol. The van der Waals surface area contributed by atoms with E-state index in [1.165, 1.54) is 6.20 Å². The zero-order chi connectivity index (χ0) is 14.0. The second kappa shape index (κ2) is 5.71. The summed E-state index contributed by atoms with van der Waals surface area (Å²) in [5.41, 5.74) is 1.91. The maximum Gasteiger partial charge on any atom is 0.259 e. The van der Waals surface area contributed by atoms with Crippen molar-refractivity contribution in [1.29, 1.82) is 0 Å². The van der Waals surface area contributed by atoms with E-state index in [0.717, 1.165) is 5.69 Å². The van der Waals surface area contributed by atoms with Gasteiger partial charge in [0.2, 0.25) is 0 Å². The predicted octanol–water partition coefficient (Wildman–Crippen LogP) is 3.05. The topological polar surface area (TPSA) is 59.8 Å². The molecule has 100 valence electrons. The number of hydrogen-bond donors (Lipinski definition) is 1. The van der Waals surface area contributed by atoms with Gasteiger partial charge in [0.1, 0.15) is 5.15 Å². The minimum absolute atomic E-state index is 0.207. The molecule has 7 heteroatoms. The number of aryl methyl sites for hydroxylation is 2. The van der Waals surface area contributed by atoms with E-state index in [4.69, 9.17) is 11.6 Å². The van der Waals surface area contributed by atoms with Gasteiger partial charge in [-0.25, -0.2) is 4.98 Å². The normalized spacial score (nSPS) is 10.5. The highest BCUT2D eigenvalue weighted by Crippen LogP contribution is 2.23. The van der Waals surface area contributed by atoms with Crippen molar-refractivity contribution < 1.29 is 4.79 Å². The molecule has 0 unspecified atom stereocenters. The van der Waals surface area contributed by atoms with Crippen LogP contribution in [0.15, 0.2) is 22.9 Å². The third-order valence-corrected chi connectivity index (χ3v) is 3.67. The van der Waals surface area contributed by atoms with Crippen LogP contribution in [-0.2, 0) is 13.5 Å². The third kappa shape index (κ3) is 3.13. The van der Waals surface area contributed by atoms with Gasteiger partial charge < -0.3 is 5.32 Å². The Morgan fingerprint density at radius 2 is 2.32 bits per heavy atom. The molecule has 0 spiro atoms. The van der Waals surface area contributed by atoms with Crippen LogP contribution in [-0.4, -0.2) is 20.7 Å². The number of rotatable bonds is 3. The zero-order valence-electron chi connectivity index (χ0n) is 10.4. The van der Waals surface area contributed by atoms with Crippen molar-refractivity contribution in [2.24, 2.45) is 7.05 Å². The smallest absolute Gasteiger partial charge is 0.259 e. The second-order valence-corrected chi connectivity index (χ2v) is 5.18. The SMILES string of the molecule is CCc1nn(C)cc1C(=O)Nc1cnc(Cl)c(Br)c1. The molecule has 0 atom stereocenters. The van der Waals surface area contributed by atoms with Crippen LogP contribution in [0, 0.1) is 0 Å². The maximum atomic E-state index is 12.2. The Kier molecular flexibility index (Phi) is 4.21. The summed E-state index contributed by atoms with van der Waals surface area (Å²) in [4.78, 5) is 16.1. The van der Waals surface area contributed by atoms with Crippen molar-refractivity contribution in [3.63, 3.8) is 0 Å². The first-order valence-corrected chi connectivity index (χ1v) is 6.83. The quantitative estimate of drug-likeness (QED) is 0.871. The lowest BCUT2D eigenvalue weighted by atomic mass is 10.2. The first kappa shape index (κ1) is 14.0. The van der Waals surface area contributed by atoms with E-state index in [1.807, 2.05) is 6.92 Å². The van der Waals surface area contributed by atoms with E-state index in [9.17, 15) is 4.79 Å². The van der Waals surface area contributed by atoms with Crippen LogP contribution in [0.3, 0.4) is 0 Å². The number of hydrogen-bond acceptors (Lipinski definition) is 3. The van der Waals surface area contributed by atoms with Crippen molar-refractivity contribution in [2.45, 2.75) is 13.3 Å². The van der Waals surface area contributed by atoms with Gasteiger partial charge in [0.15, 0.2) is 0 Å². The van der Waals surface area contributed by atoms with Gasteiger partial charge in [0.05, 0.1) is 27.6 Å². The number of carbonyl (C=O) groups excluding carboxylic acids is 1. The van der Waals surface area contributed by atoms with Crippen molar-refractivity contribution in [3.05, 3.63) is 39.3 Å². The van der Waals surface area contributed by atoms with Crippen LogP contribution in [0.5, 0.6) is 0 Å². The van der Waals surface area contributed by atoms with Crippen molar-refractivity contribution in [2.75, 3.05) is 5.32 Å². The third-order valence-electron chi connectivity index (χ3n) is 2.54. The fourth-order valence-corrected chi connectivity index (χ4v) is 2.13. The van der Waals surface area contributed by atoms with Gasteiger partial charge in [-0.2, -0.15) is 5.10 Å². The molecule has 2 aromatic heterocycles. The van der Waals surface area contributed by atoms with Crippen LogP contribution < -0.4 is 5.32 Å². The molecular formula is C12H12BrClN4O. The summed E-state index contributed by atoms with van der Waals surface area (Å²) in [6, 6.07) is 1.70. The average Bonchev–Trinajstić information content (AvgIpc) is 2.75. The number of carbonyl (C=O) groups is 1. The molecule has 0 saturated heterocycles. The molecule has 19 heavy (non-hydrogen) atoms. The van der Waals surface area contributed by atoms with E-state index in [1.54, 1.807) is 24.0 Å². The highest BCUT2D eigenvalue weighted by atomic mass is 79.9. The van der Waals surface area contributed by atoms with Crippen molar-refractivity contribution >= 4 is 39.1 Å². The van der Waals surface area contributed by atoms with Gasteiger partial charge in [0, 0.05) is 13.2 Å². The lowest BCUT2D eigenvalue weighted by Gasteiger charge is -2.05. The predicted molar refractivity (Wildman–Crippen MR) is 77.5 cm³/mol. The fourth-order valence-electron chi connectivity index (χ4n) is 1.67. The van der Waals surface area contributed by atoms with Gasteiger partial charge in [-0.15, -0.1) is 0 Å². The molecular weight excluding hydrogens is 332 g/mol. The van der Waals surface area contributed by atoms with Crippen LogP contribution in [0.25, 0.3) is 0 Å². The molecule has 0 aliphatic rings. The lowest BCUT2D eigenvalue weighted by Crippen LogP contribution is -2.13. The summed E-state index contributed by atoms with van der Waals surface area (Å²) in [5, 5.41) is 7.36. The highest BCUT2D eigenvalue weighted by molar-refractivity contribution is 9.10. The Morgan fingerprint density at radius 1 is 1.58 bits per heavy atom. The standard InChI is InChI=1S/C12H12BrClN4O/c1-3-10-8(6-18(2)17-10)12(19)16-7-4-9(13)11(14)15-5-7/h4-6H,3H2,1-2H3,(H,16,19). The van der Waals surface area contributed by atoms with Gasteiger partial charge >= 0.3 is 0 Å². The second-order valence-electron chi connectivity index (χ2n) is 3.97. The Labute approximate surface area is 124 Å². The Balaban J connectivity index is 2.22. The summed E-state index contributed by atoms with van der Waals surface area (Å²) in [6.45, 7) is 1.96. The molecule has 1 N–H and O–H groups in total. The molecule has 5 nitrogen and oxygen atoms in total. The number of nitrogens with zero attached hydrogens (tertiary/aromatic N) is 3. The Hall–Kier alpha value is -1.40. The van der Waals surface area contributed by atoms with E-state index < -0.39 is 0 Å². The molecule has 1 amide bonds. The summed E-state index contributed by atoms with van der Waals surface area (Å²) in [5.74, 6) is -0.207. The number of nitrogens with one attached hydrogen (secondary N) is 1. The molecule has 0 radical (unpaired) electrons. The van der Waals surface area contributed by atoms with E-state index in [-0.39, 0.29) is 5.91 Å². The van der Waals surface area contributed by atoms with Crippen LogP contribution in [0.2, 0.25) is 5.15 Å². The molecule has 2 aromatic rings. The lowest BCUT2D eigenvalue weighted by molar-refractivity contribution is 0.102. The van der Waals surface area contributed by atoms with Gasteiger partial charge in [-0.05, 0) is 28.4 Å². The van der Waals surface area contributed by atoms with E-state index >= 15 is 0 Å². The molecule has 2 heterocycles. The summed E-state index contributed by atoms with van der Waals surface area (Å²) < 4.78 is 2.26. The highest BCUT2D eigenvalue weighted by Gasteiger charge is 2.14. The molecule has 0 aliphatic heterocycles. The number of anilines is 1. The van der Waals surface area contributed by atoms with Gasteiger partial charge in [-0.3, -0.25) is 9.48 Å². The Morgan fingerprint density at radius 3 is 2.95 bits per heavy atom. The minimum Gasteiger partial charge on any atom is -0.320 e. The van der Waals surface area contributed by atoms with Crippen molar-refractivity contribution in [3.8, 4) is 0 Å². The molecule has 0 saturated carbocycles. The van der Waals surface area contributed by atoms with E-state index in [0.29, 0.717) is 27.3 Å². The first-order chi connectivity index (χ1) is 9.01. The largest absolute Gasteiger partial charge is 0.320 e. The molecule has 0 aliphatic carbocycles. The summed E-state index contributed by atoms with van der Waals surface area (Å²) >= 11 is 9.06. The molecule has 0 aromatic carbocycles. The fraction of sp³-hybridized carbons (Fsp3) is 0.250. The van der Waals surface area contributed by atoms with Gasteiger partial charge in [-0.1, -0.05) is 18.5 Å². The van der Waals surface area contributed by atoms with Crippen LogP contribution >= 0.6 is 27.5 Å². The van der Waals surface area contributed by atoms with Crippen LogP contribution in [0.1, 0.15) is 23.0 Å². The van der Waals surface area contributed by atoms with Crippen molar-refractivity contribution in [1.82, 2.24) is 14.8 Å². The number of pyridine rings is 1. The first-order valence-electron chi connectivity index (χ1n) is 5.66. The minimum atomic E-state index is -0.207.